The lowest BCUT2D eigenvalue weighted by molar-refractivity contribution is 0.768. The van der Waals surface area contributed by atoms with Crippen molar-refractivity contribution in [2.75, 3.05) is 11.5 Å². The van der Waals surface area contributed by atoms with Gasteiger partial charge in [-0.25, -0.2) is 0 Å². The van der Waals surface area contributed by atoms with Crippen LogP contribution in [-0.4, -0.2) is 29.9 Å². The van der Waals surface area contributed by atoms with Gasteiger partial charge in [-0.15, -0.1) is 0 Å². The normalized spacial score (nSPS) is 11.1. The molecular weight excluding hydrogens is 220 g/mol. The van der Waals surface area contributed by atoms with Crippen molar-refractivity contribution < 1.29 is 0 Å². The Hall–Kier alpha value is -2.64. The summed E-state index contributed by atoms with van der Waals surface area (Å²) in [6, 6.07) is 0. The van der Waals surface area contributed by atoms with Crippen LogP contribution in [-0.2, 0) is 7.05 Å². The summed E-state index contributed by atoms with van der Waals surface area (Å²) in [6.45, 7) is 0. The second kappa shape index (κ2) is 3.17. The summed E-state index contributed by atoms with van der Waals surface area (Å²) in [5, 5.41) is 11.7. The summed E-state index contributed by atoms with van der Waals surface area (Å²) in [6.07, 6.45) is 3.56. The van der Waals surface area contributed by atoms with Crippen molar-refractivity contribution in [3.8, 4) is 11.3 Å². The molecule has 0 amide bonds. The number of nitrogens with two attached hydrogens (primary N) is 2. The van der Waals surface area contributed by atoms with Crippen LogP contribution in [0.2, 0.25) is 0 Å². The third kappa shape index (κ3) is 1.38. The molecule has 0 atom stereocenters. The number of nitrogens with one attached hydrogen (secondary N) is 1. The minimum Gasteiger partial charge on any atom is -0.383 e. The van der Waals surface area contributed by atoms with Crippen LogP contribution in [0.4, 0.5) is 11.8 Å². The Labute approximate surface area is 95.7 Å². The minimum absolute atomic E-state index is 0.110. The van der Waals surface area contributed by atoms with Crippen LogP contribution in [0.3, 0.4) is 0 Å². The van der Waals surface area contributed by atoms with E-state index in [1.807, 2.05) is 13.2 Å². The van der Waals surface area contributed by atoms with E-state index in [2.05, 4.69) is 25.3 Å². The van der Waals surface area contributed by atoms with Crippen molar-refractivity contribution in [1.82, 2.24) is 29.9 Å². The Morgan fingerprint density at radius 2 is 2.12 bits per heavy atom. The topological polar surface area (TPSA) is 124 Å². The van der Waals surface area contributed by atoms with Crippen molar-refractivity contribution in [3.63, 3.8) is 0 Å². The van der Waals surface area contributed by atoms with Crippen LogP contribution >= 0.6 is 0 Å². The maximum absolute atomic E-state index is 5.83. The predicted octanol–water partition coefficient (Wildman–Crippen LogP) is -0.0822. The smallest absolute Gasteiger partial charge is 0.224 e. The molecule has 86 valence electrons. The van der Waals surface area contributed by atoms with E-state index in [0.29, 0.717) is 16.9 Å². The number of nitrogen functional groups attached to an aromatic ring is 2. The number of anilines is 2. The fraction of sp³-hybridized carbons (Fsp3) is 0.111. The molecule has 0 aliphatic rings. The average molecular weight is 230 g/mol. The zero-order valence-corrected chi connectivity index (χ0v) is 9.05. The molecule has 0 saturated heterocycles. The molecule has 3 rings (SSSR count). The molecule has 3 heterocycles. The Bertz CT molecular complexity index is 694. The van der Waals surface area contributed by atoms with E-state index in [1.54, 1.807) is 10.9 Å². The van der Waals surface area contributed by atoms with Gasteiger partial charge in [0, 0.05) is 18.8 Å². The van der Waals surface area contributed by atoms with E-state index in [-0.39, 0.29) is 5.95 Å². The first-order valence-electron chi connectivity index (χ1n) is 4.91. The Morgan fingerprint density at radius 1 is 1.29 bits per heavy atom. The predicted molar refractivity (Wildman–Crippen MR) is 62.7 cm³/mol. The molecule has 5 N–H and O–H groups in total. The zero-order valence-electron chi connectivity index (χ0n) is 9.05. The maximum Gasteiger partial charge on any atom is 0.224 e. The highest BCUT2D eigenvalue weighted by atomic mass is 15.2. The summed E-state index contributed by atoms with van der Waals surface area (Å²) in [5.74, 6) is 0.416. The maximum atomic E-state index is 5.83. The Morgan fingerprint density at radius 3 is 2.82 bits per heavy atom. The lowest BCUT2D eigenvalue weighted by atomic mass is 10.2. The van der Waals surface area contributed by atoms with Gasteiger partial charge in [-0.05, 0) is 0 Å². The molecule has 0 aliphatic heterocycles. The number of H-pyrrole nitrogens is 1. The molecule has 17 heavy (non-hydrogen) atoms. The van der Waals surface area contributed by atoms with Crippen molar-refractivity contribution in [3.05, 3.63) is 12.4 Å². The quantitative estimate of drug-likeness (QED) is 0.537. The van der Waals surface area contributed by atoms with Gasteiger partial charge in [-0.2, -0.15) is 20.2 Å². The first-order valence-corrected chi connectivity index (χ1v) is 4.91. The van der Waals surface area contributed by atoms with E-state index in [1.165, 1.54) is 0 Å². The van der Waals surface area contributed by atoms with E-state index < -0.39 is 0 Å². The van der Waals surface area contributed by atoms with Crippen molar-refractivity contribution >= 4 is 22.8 Å². The van der Waals surface area contributed by atoms with Gasteiger partial charge in [0.05, 0.1) is 17.3 Å². The number of hydrogen-bond donors (Lipinski definition) is 3. The van der Waals surface area contributed by atoms with E-state index in [9.17, 15) is 0 Å². The molecule has 0 bridgehead atoms. The number of hydrogen-bond acceptors (Lipinski definition) is 6. The van der Waals surface area contributed by atoms with E-state index in [4.69, 9.17) is 11.5 Å². The number of rotatable bonds is 1. The standard InChI is InChI=1S/C9H10N8/c1-17-3-4(2-12-17)6-5-7(10)13-9(11)14-8(5)16-15-6/h2-3H,1H3,(H5,10,11,13,14,15,16). The van der Waals surface area contributed by atoms with Crippen molar-refractivity contribution in [1.29, 1.82) is 0 Å². The fourth-order valence-electron chi connectivity index (χ4n) is 1.73. The van der Waals surface area contributed by atoms with Gasteiger partial charge in [0.15, 0.2) is 5.65 Å². The molecule has 3 aromatic heterocycles. The highest BCUT2D eigenvalue weighted by Crippen LogP contribution is 2.28. The molecule has 0 saturated carbocycles. The van der Waals surface area contributed by atoms with Crippen molar-refractivity contribution in [2.45, 2.75) is 0 Å². The number of aromatic amines is 1. The van der Waals surface area contributed by atoms with E-state index >= 15 is 0 Å². The van der Waals surface area contributed by atoms with Gasteiger partial charge in [-0.1, -0.05) is 0 Å². The van der Waals surface area contributed by atoms with Gasteiger partial charge >= 0.3 is 0 Å². The van der Waals surface area contributed by atoms with Gasteiger partial charge in [-0.3, -0.25) is 9.78 Å². The molecule has 0 spiro atoms. The highest BCUT2D eigenvalue weighted by molar-refractivity contribution is 5.98. The first kappa shape index (κ1) is 9.58. The number of aromatic nitrogens is 6. The van der Waals surface area contributed by atoms with Gasteiger partial charge in [0.2, 0.25) is 5.95 Å². The number of nitrogens with zero attached hydrogens (tertiary/aromatic N) is 5. The van der Waals surface area contributed by atoms with E-state index in [0.717, 1.165) is 11.3 Å². The highest BCUT2D eigenvalue weighted by Gasteiger charge is 2.14. The monoisotopic (exact) mass is 230 g/mol. The third-order valence-electron chi connectivity index (χ3n) is 2.45. The van der Waals surface area contributed by atoms with Crippen LogP contribution in [0.25, 0.3) is 22.3 Å². The summed E-state index contributed by atoms with van der Waals surface area (Å²) >= 11 is 0. The van der Waals surface area contributed by atoms with Gasteiger partial charge in [0.1, 0.15) is 5.82 Å². The molecular formula is C9H10N8. The third-order valence-corrected chi connectivity index (χ3v) is 2.45. The molecule has 0 aliphatic carbocycles. The lowest BCUT2D eigenvalue weighted by Crippen LogP contribution is -1.99. The minimum atomic E-state index is 0.110. The summed E-state index contributed by atoms with van der Waals surface area (Å²) in [7, 11) is 1.83. The molecule has 0 fully saturated rings. The van der Waals surface area contributed by atoms with Crippen LogP contribution in [0.15, 0.2) is 12.4 Å². The Kier molecular flexibility index (Phi) is 1.79. The summed E-state index contributed by atoms with van der Waals surface area (Å²) in [5.41, 5.74) is 13.4. The number of fused-ring (bicyclic) bond motifs is 1. The van der Waals surface area contributed by atoms with Crippen LogP contribution in [0.5, 0.6) is 0 Å². The molecule has 8 heteroatoms. The van der Waals surface area contributed by atoms with Crippen molar-refractivity contribution in [2.24, 2.45) is 7.05 Å². The average Bonchev–Trinajstić information content (AvgIpc) is 2.83. The molecule has 3 aromatic rings. The molecule has 8 nitrogen and oxygen atoms in total. The van der Waals surface area contributed by atoms with Crippen LogP contribution < -0.4 is 11.5 Å². The Balaban J connectivity index is 2.31. The second-order valence-electron chi connectivity index (χ2n) is 3.67. The number of aryl methyl sites for hydroxylation is 1. The fourth-order valence-corrected chi connectivity index (χ4v) is 1.73. The summed E-state index contributed by atoms with van der Waals surface area (Å²) < 4.78 is 1.69. The summed E-state index contributed by atoms with van der Waals surface area (Å²) in [4.78, 5) is 7.93. The molecule has 0 unspecified atom stereocenters. The SMILES string of the molecule is Cn1cc(-c2[nH]nc3nc(N)nc(N)c23)cn1. The first-order chi connectivity index (χ1) is 8.15. The largest absolute Gasteiger partial charge is 0.383 e. The molecule has 0 radical (unpaired) electrons. The van der Waals surface area contributed by atoms with Gasteiger partial charge < -0.3 is 11.5 Å². The second-order valence-corrected chi connectivity index (χ2v) is 3.67. The van der Waals surface area contributed by atoms with Crippen LogP contribution in [0.1, 0.15) is 0 Å². The zero-order chi connectivity index (χ0) is 12.0. The molecule has 0 aromatic carbocycles. The lowest BCUT2D eigenvalue weighted by Gasteiger charge is -1.98. The van der Waals surface area contributed by atoms with Crippen LogP contribution in [0, 0.1) is 0 Å². The van der Waals surface area contributed by atoms with Gasteiger partial charge in [0.25, 0.3) is 0 Å².